The first kappa shape index (κ1) is 23.1. The number of carbonyl (C=O) groups is 2. The zero-order valence-electron chi connectivity index (χ0n) is 20.0. The van der Waals surface area contributed by atoms with Gasteiger partial charge in [0, 0.05) is 62.1 Å². The Morgan fingerprint density at radius 1 is 0.771 bits per heavy atom. The molecule has 1 aliphatic carbocycles. The highest BCUT2D eigenvalue weighted by molar-refractivity contribution is 5.96. The average molecular weight is 469 g/mol. The van der Waals surface area contributed by atoms with Crippen LogP contribution in [0.25, 0.3) is 0 Å². The smallest absolute Gasteiger partial charge is 0.251 e. The molecule has 3 aromatic carbocycles. The molecule has 1 heterocycles. The maximum absolute atomic E-state index is 12.7. The van der Waals surface area contributed by atoms with Gasteiger partial charge in [-0.15, -0.1) is 0 Å². The van der Waals surface area contributed by atoms with Gasteiger partial charge < -0.3 is 15.5 Å². The van der Waals surface area contributed by atoms with Crippen molar-refractivity contribution in [2.45, 2.75) is 25.9 Å². The Bertz CT molecular complexity index is 1150. The highest BCUT2D eigenvalue weighted by atomic mass is 16.2. The monoisotopic (exact) mass is 468 g/mol. The van der Waals surface area contributed by atoms with Crippen molar-refractivity contribution in [2.24, 2.45) is 5.92 Å². The molecule has 6 nitrogen and oxygen atoms in total. The van der Waals surface area contributed by atoms with E-state index < -0.39 is 0 Å². The molecule has 0 radical (unpaired) electrons. The Morgan fingerprint density at radius 3 is 2.11 bits per heavy atom. The number of nitrogens with zero attached hydrogens (tertiary/aromatic N) is 2. The SMILES string of the molecule is O=C(NCc1ccccc1CN1CCN(c2ccccc2)CC1)c1ccc(NC(=O)C2CC2)cc1. The molecular formula is C29H32N4O2. The van der Waals surface area contributed by atoms with Gasteiger partial charge in [-0.3, -0.25) is 14.5 Å². The van der Waals surface area contributed by atoms with Crippen LogP contribution in [0, 0.1) is 5.92 Å². The Morgan fingerprint density at radius 2 is 1.43 bits per heavy atom. The minimum atomic E-state index is -0.114. The van der Waals surface area contributed by atoms with Crippen molar-refractivity contribution in [1.82, 2.24) is 10.2 Å². The minimum absolute atomic E-state index is 0.0697. The van der Waals surface area contributed by atoms with Gasteiger partial charge in [-0.2, -0.15) is 0 Å². The molecule has 35 heavy (non-hydrogen) atoms. The van der Waals surface area contributed by atoms with E-state index in [0.717, 1.165) is 56.8 Å². The third-order valence-corrected chi connectivity index (χ3v) is 6.81. The summed E-state index contributed by atoms with van der Waals surface area (Å²) in [6.07, 6.45) is 1.94. The number of carbonyl (C=O) groups excluding carboxylic acids is 2. The highest BCUT2D eigenvalue weighted by Gasteiger charge is 2.29. The number of rotatable bonds is 8. The van der Waals surface area contributed by atoms with Crippen molar-refractivity contribution in [1.29, 1.82) is 0 Å². The fourth-order valence-electron chi connectivity index (χ4n) is 4.50. The summed E-state index contributed by atoms with van der Waals surface area (Å²) < 4.78 is 0. The zero-order chi connectivity index (χ0) is 24.0. The van der Waals surface area contributed by atoms with Gasteiger partial charge in [0.2, 0.25) is 5.91 Å². The quantitative estimate of drug-likeness (QED) is 0.518. The predicted octanol–water partition coefficient (Wildman–Crippen LogP) is 4.29. The zero-order valence-corrected chi connectivity index (χ0v) is 20.0. The molecule has 180 valence electrons. The lowest BCUT2D eigenvalue weighted by Gasteiger charge is -2.36. The fourth-order valence-corrected chi connectivity index (χ4v) is 4.50. The van der Waals surface area contributed by atoms with Crippen molar-refractivity contribution >= 4 is 23.2 Å². The standard InChI is InChI=1S/C29H32N4O2/c34-28(22-12-14-26(15-13-22)31-29(35)23-10-11-23)30-20-24-6-4-5-7-25(24)21-32-16-18-33(19-17-32)27-8-2-1-3-9-27/h1-9,12-15,23H,10-11,16-21H2,(H,30,34)(H,31,35). The maximum atomic E-state index is 12.7. The first-order chi connectivity index (χ1) is 17.2. The normalized spacial score (nSPS) is 16.1. The van der Waals surface area contributed by atoms with Crippen molar-refractivity contribution in [3.63, 3.8) is 0 Å². The Kier molecular flexibility index (Phi) is 7.09. The van der Waals surface area contributed by atoms with Crippen LogP contribution in [0.15, 0.2) is 78.9 Å². The molecule has 0 bridgehead atoms. The molecule has 0 unspecified atom stereocenters. The molecule has 2 aliphatic rings. The number of hydrogen-bond acceptors (Lipinski definition) is 4. The summed E-state index contributed by atoms with van der Waals surface area (Å²) >= 11 is 0. The summed E-state index contributed by atoms with van der Waals surface area (Å²) in [4.78, 5) is 29.6. The van der Waals surface area contributed by atoms with Crippen LogP contribution >= 0.6 is 0 Å². The van der Waals surface area contributed by atoms with Crippen LogP contribution < -0.4 is 15.5 Å². The first-order valence-corrected chi connectivity index (χ1v) is 12.4. The second kappa shape index (κ2) is 10.7. The van der Waals surface area contributed by atoms with E-state index >= 15 is 0 Å². The van der Waals surface area contributed by atoms with Gasteiger partial charge in [0.1, 0.15) is 0 Å². The van der Waals surface area contributed by atoms with Crippen molar-refractivity contribution in [2.75, 3.05) is 36.4 Å². The van der Waals surface area contributed by atoms with Crippen molar-refractivity contribution in [3.05, 3.63) is 95.6 Å². The number of anilines is 2. The summed E-state index contributed by atoms with van der Waals surface area (Å²) in [5, 5.41) is 5.96. The molecule has 0 atom stereocenters. The minimum Gasteiger partial charge on any atom is -0.369 e. The topological polar surface area (TPSA) is 64.7 Å². The van der Waals surface area contributed by atoms with E-state index in [4.69, 9.17) is 0 Å². The van der Waals surface area contributed by atoms with Crippen molar-refractivity contribution in [3.8, 4) is 0 Å². The van der Waals surface area contributed by atoms with E-state index in [1.807, 2.05) is 6.07 Å². The van der Waals surface area contributed by atoms with Gasteiger partial charge >= 0.3 is 0 Å². The highest BCUT2D eigenvalue weighted by Crippen LogP contribution is 2.30. The summed E-state index contributed by atoms with van der Waals surface area (Å²) in [5.74, 6) is 0.113. The second-order valence-electron chi connectivity index (χ2n) is 9.39. The molecule has 5 rings (SSSR count). The molecule has 0 spiro atoms. The van der Waals surface area contributed by atoms with Crippen LogP contribution in [-0.2, 0) is 17.9 Å². The molecule has 3 aromatic rings. The fraction of sp³-hybridized carbons (Fsp3) is 0.310. The molecule has 0 aromatic heterocycles. The van der Waals surface area contributed by atoms with Gasteiger partial charge in [-0.25, -0.2) is 0 Å². The van der Waals surface area contributed by atoms with Crippen molar-refractivity contribution < 1.29 is 9.59 Å². The molecule has 1 saturated heterocycles. The second-order valence-corrected chi connectivity index (χ2v) is 9.39. The van der Waals surface area contributed by atoms with Gasteiger partial charge in [0.15, 0.2) is 0 Å². The average Bonchev–Trinajstić information content (AvgIpc) is 3.75. The van der Waals surface area contributed by atoms with Gasteiger partial charge in [0.05, 0.1) is 0 Å². The number of amides is 2. The summed E-state index contributed by atoms with van der Waals surface area (Å²) in [5.41, 5.74) is 4.99. The van der Waals surface area contributed by atoms with E-state index in [2.05, 4.69) is 69.0 Å². The third kappa shape index (κ3) is 6.08. The number of benzene rings is 3. The Balaban J connectivity index is 1.13. The van der Waals surface area contributed by atoms with Gasteiger partial charge in [-0.1, -0.05) is 42.5 Å². The van der Waals surface area contributed by atoms with E-state index in [9.17, 15) is 9.59 Å². The van der Waals surface area contributed by atoms with Crippen LogP contribution in [-0.4, -0.2) is 42.9 Å². The van der Waals surface area contributed by atoms with E-state index in [1.165, 1.54) is 11.3 Å². The van der Waals surface area contributed by atoms with Gasteiger partial charge in [-0.05, 0) is 60.4 Å². The lowest BCUT2D eigenvalue weighted by atomic mass is 10.1. The maximum Gasteiger partial charge on any atom is 0.251 e. The Hall–Kier alpha value is -3.64. The summed E-state index contributed by atoms with van der Waals surface area (Å²) in [7, 11) is 0. The number of para-hydroxylation sites is 1. The molecular weight excluding hydrogens is 436 g/mol. The molecule has 1 saturated carbocycles. The molecule has 2 N–H and O–H groups in total. The third-order valence-electron chi connectivity index (χ3n) is 6.81. The lowest BCUT2D eigenvalue weighted by Crippen LogP contribution is -2.46. The van der Waals surface area contributed by atoms with Crippen LogP contribution in [0.2, 0.25) is 0 Å². The number of hydrogen-bond donors (Lipinski definition) is 2. The number of piperazine rings is 1. The van der Waals surface area contributed by atoms with Crippen LogP contribution in [0.3, 0.4) is 0 Å². The largest absolute Gasteiger partial charge is 0.369 e. The molecule has 1 aliphatic heterocycles. The lowest BCUT2D eigenvalue weighted by molar-refractivity contribution is -0.117. The van der Waals surface area contributed by atoms with E-state index in [-0.39, 0.29) is 17.7 Å². The predicted molar refractivity (Wildman–Crippen MR) is 139 cm³/mol. The molecule has 6 heteroatoms. The first-order valence-electron chi connectivity index (χ1n) is 12.4. The van der Waals surface area contributed by atoms with Crippen LogP contribution in [0.1, 0.15) is 34.3 Å². The van der Waals surface area contributed by atoms with Crippen LogP contribution in [0.5, 0.6) is 0 Å². The van der Waals surface area contributed by atoms with Crippen LogP contribution in [0.4, 0.5) is 11.4 Å². The summed E-state index contributed by atoms with van der Waals surface area (Å²) in [6, 6.07) is 26.0. The van der Waals surface area contributed by atoms with E-state index in [0.29, 0.717) is 12.1 Å². The van der Waals surface area contributed by atoms with E-state index in [1.54, 1.807) is 24.3 Å². The Labute approximate surface area is 206 Å². The summed E-state index contributed by atoms with van der Waals surface area (Å²) in [6.45, 7) is 5.42. The molecule has 2 amide bonds. The van der Waals surface area contributed by atoms with Gasteiger partial charge in [0.25, 0.3) is 5.91 Å². The number of nitrogens with one attached hydrogen (secondary N) is 2. The molecule has 2 fully saturated rings.